The minimum atomic E-state index is -0.417. The molecule has 0 radical (unpaired) electrons. The van der Waals surface area contributed by atoms with Crippen LogP contribution < -0.4 is 10.1 Å². The van der Waals surface area contributed by atoms with Gasteiger partial charge in [0.2, 0.25) is 5.88 Å². The predicted molar refractivity (Wildman–Crippen MR) is 62.0 cm³/mol. The van der Waals surface area contributed by atoms with Gasteiger partial charge in [-0.25, -0.2) is 9.37 Å². The zero-order chi connectivity index (χ0) is 12.0. The maximum Gasteiger partial charge on any atom is 0.250 e. The van der Waals surface area contributed by atoms with Gasteiger partial charge in [0.1, 0.15) is 6.61 Å². The van der Waals surface area contributed by atoms with E-state index in [2.05, 4.69) is 31.1 Å². The molecule has 1 rings (SSSR count). The van der Waals surface area contributed by atoms with Crippen LogP contribution in [0.4, 0.5) is 4.39 Å². The maximum absolute atomic E-state index is 13.1. The summed E-state index contributed by atoms with van der Waals surface area (Å²) in [7, 11) is 0. The van der Waals surface area contributed by atoms with E-state index in [1.54, 1.807) is 6.07 Å². The van der Waals surface area contributed by atoms with Crippen LogP contribution in [0.1, 0.15) is 20.8 Å². The van der Waals surface area contributed by atoms with Gasteiger partial charge in [0.25, 0.3) is 0 Å². The lowest BCUT2D eigenvalue weighted by Gasteiger charge is -2.17. The van der Waals surface area contributed by atoms with Gasteiger partial charge in [-0.1, -0.05) is 13.8 Å². The Balaban J connectivity index is 2.24. The molecule has 0 saturated carbocycles. The maximum atomic E-state index is 13.1. The normalized spacial score (nSPS) is 12.8. The quantitative estimate of drug-likeness (QED) is 0.755. The Kier molecular flexibility index (Phi) is 5.19. The van der Waals surface area contributed by atoms with E-state index in [0.717, 1.165) is 0 Å². The summed E-state index contributed by atoms with van der Waals surface area (Å²) in [4.78, 5) is 3.81. The molecule has 4 heteroatoms. The van der Waals surface area contributed by atoms with E-state index in [-0.39, 0.29) is 5.88 Å². The number of rotatable bonds is 6. The van der Waals surface area contributed by atoms with Crippen molar-refractivity contribution >= 4 is 0 Å². The number of nitrogens with one attached hydrogen (secondary N) is 1. The molecule has 0 saturated heterocycles. The van der Waals surface area contributed by atoms with Crippen molar-refractivity contribution in [3.05, 3.63) is 24.1 Å². The van der Waals surface area contributed by atoms with Gasteiger partial charge < -0.3 is 10.1 Å². The Morgan fingerprint density at radius 3 is 2.81 bits per heavy atom. The van der Waals surface area contributed by atoms with E-state index in [4.69, 9.17) is 4.74 Å². The van der Waals surface area contributed by atoms with Crippen molar-refractivity contribution in [2.45, 2.75) is 26.8 Å². The molecule has 1 unspecified atom stereocenters. The number of pyridine rings is 1. The minimum absolute atomic E-state index is 0.0708. The lowest BCUT2D eigenvalue weighted by Crippen LogP contribution is -2.34. The van der Waals surface area contributed by atoms with Crippen molar-refractivity contribution in [3.8, 4) is 5.88 Å². The fourth-order valence-corrected chi connectivity index (χ4v) is 1.15. The van der Waals surface area contributed by atoms with Gasteiger partial charge >= 0.3 is 0 Å². The fourth-order valence-electron chi connectivity index (χ4n) is 1.15. The number of hydrogen-bond donors (Lipinski definition) is 1. The summed E-state index contributed by atoms with van der Waals surface area (Å²) in [5.41, 5.74) is 0. The van der Waals surface area contributed by atoms with Gasteiger partial charge in [-0.15, -0.1) is 0 Å². The van der Waals surface area contributed by atoms with E-state index in [1.807, 2.05) is 0 Å². The molecule has 0 bridgehead atoms. The second kappa shape index (κ2) is 6.43. The zero-order valence-corrected chi connectivity index (χ0v) is 10.0. The lowest BCUT2D eigenvalue weighted by molar-refractivity contribution is 0.274. The first-order valence-corrected chi connectivity index (χ1v) is 5.58. The van der Waals surface area contributed by atoms with Gasteiger partial charge in [0.15, 0.2) is 5.82 Å². The number of hydrogen-bond acceptors (Lipinski definition) is 3. The molecule has 1 heterocycles. The van der Waals surface area contributed by atoms with E-state index in [0.29, 0.717) is 25.1 Å². The summed E-state index contributed by atoms with van der Waals surface area (Å²) >= 11 is 0. The van der Waals surface area contributed by atoms with Gasteiger partial charge in [-0.2, -0.15) is 0 Å². The largest absolute Gasteiger partial charge is 0.474 e. The van der Waals surface area contributed by atoms with Crippen LogP contribution in [0.3, 0.4) is 0 Å². The molecule has 0 aromatic carbocycles. The molecule has 0 fully saturated rings. The third kappa shape index (κ3) is 4.14. The Morgan fingerprint density at radius 1 is 1.44 bits per heavy atom. The molecular formula is C12H19FN2O. The van der Waals surface area contributed by atoms with Crippen LogP contribution in [0.2, 0.25) is 0 Å². The number of nitrogens with zero attached hydrogens (tertiary/aromatic N) is 1. The molecule has 16 heavy (non-hydrogen) atoms. The third-order valence-corrected chi connectivity index (χ3v) is 2.53. The van der Waals surface area contributed by atoms with Crippen LogP contribution in [0, 0.1) is 11.7 Å². The standard InChI is InChI=1S/C12H19FN2O/c1-9(2)10(3)14-7-8-16-12-11(13)5-4-6-15-12/h4-6,9-10,14H,7-8H2,1-3H3. The van der Waals surface area contributed by atoms with Crippen molar-refractivity contribution < 1.29 is 9.13 Å². The number of aromatic nitrogens is 1. The third-order valence-electron chi connectivity index (χ3n) is 2.53. The first-order chi connectivity index (χ1) is 7.61. The molecule has 0 aliphatic heterocycles. The molecule has 1 N–H and O–H groups in total. The smallest absolute Gasteiger partial charge is 0.250 e. The molecule has 3 nitrogen and oxygen atoms in total. The van der Waals surface area contributed by atoms with Gasteiger partial charge in [0, 0.05) is 18.8 Å². The summed E-state index contributed by atoms with van der Waals surface area (Å²) in [6.07, 6.45) is 1.52. The van der Waals surface area contributed by atoms with Crippen molar-refractivity contribution in [1.29, 1.82) is 0 Å². The highest BCUT2D eigenvalue weighted by molar-refractivity contribution is 5.12. The molecule has 0 spiro atoms. The Bertz CT molecular complexity index is 318. The monoisotopic (exact) mass is 226 g/mol. The topological polar surface area (TPSA) is 34.1 Å². The summed E-state index contributed by atoms with van der Waals surface area (Å²) < 4.78 is 18.3. The average Bonchev–Trinajstić information content (AvgIpc) is 2.26. The number of ether oxygens (including phenoxy) is 1. The van der Waals surface area contributed by atoms with Crippen LogP contribution in [0.25, 0.3) is 0 Å². The lowest BCUT2D eigenvalue weighted by atomic mass is 10.1. The predicted octanol–water partition coefficient (Wildman–Crippen LogP) is 2.23. The highest BCUT2D eigenvalue weighted by Crippen LogP contribution is 2.10. The minimum Gasteiger partial charge on any atom is -0.474 e. The van der Waals surface area contributed by atoms with Crippen LogP contribution in [0.5, 0.6) is 5.88 Å². The zero-order valence-electron chi connectivity index (χ0n) is 10.0. The van der Waals surface area contributed by atoms with E-state index < -0.39 is 5.82 Å². The molecule has 0 aliphatic carbocycles. The van der Waals surface area contributed by atoms with Gasteiger partial charge in [-0.05, 0) is 25.0 Å². The molecule has 1 aromatic heterocycles. The van der Waals surface area contributed by atoms with Crippen LogP contribution in [0.15, 0.2) is 18.3 Å². The summed E-state index contributed by atoms with van der Waals surface area (Å²) in [5.74, 6) is 0.229. The van der Waals surface area contributed by atoms with Crippen molar-refractivity contribution in [1.82, 2.24) is 10.3 Å². The van der Waals surface area contributed by atoms with E-state index in [9.17, 15) is 4.39 Å². The highest BCUT2D eigenvalue weighted by Gasteiger charge is 2.06. The van der Waals surface area contributed by atoms with Crippen molar-refractivity contribution in [3.63, 3.8) is 0 Å². The van der Waals surface area contributed by atoms with Gasteiger partial charge in [0.05, 0.1) is 0 Å². The fraction of sp³-hybridized carbons (Fsp3) is 0.583. The van der Waals surface area contributed by atoms with Gasteiger partial charge in [-0.3, -0.25) is 0 Å². The molecule has 0 aliphatic rings. The second-order valence-corrected chi connectivity index (χ2v) is 4.13. The first kappa shape index (κ1) is 12.9. The average molecular weight is 226 g/mol. The molecule has 1 atom stereocenters. The van der Waals surface area contributed by atoms with Crippen molar-refractivity contribution in [2.75, 3.05) is 13.2 Å². The van der Waals surface area contributed by atoms with Crippen LogP contribution in [-0.2, 0) is 0 Å². The number of halogens is 1. The van der Waals surface area contributed by atoms with Crippen LogP contribution in [-0.4, -0.2) is 24.2 Å². The molecule has 90 valence electrons. The first-order valence-electron chi connectivity index (χ1n) is 5.58. The summed E-state index contributed by atoms with van der Waals surface area (Å²) in [6, 6.07) is 3.31. The van der Waals surface area contributed by atoms with E-state index in [1.165, 1.54) is 12.3 Å². The SMILES string of the molecule is CC(C)C(C)NCCOc1ncccc1F. The molecular weight excluding hydrogens is 207 g/mol. The highest BCUT2D eigenvalue weighted by atomic mass is 19.1. The van der Waals surface area contributed by atoms with Crippen LogP contribution >= 0.6 is 0 Å². The summed E-state index contributed by atoms with van der Waals surface area (Å²) in [5, 5.41) is 3.30. The summed E-state index contributed by atoms with van der Waals surface area (Å²) in [6.45, 7) is 7.53. The Labute approximate surface area is 96.0 Å². The Morgan fingerprint density at radius 2 is 2.19 bits per heavy atom. The second-order valence-electron chi connectivity index (χ2n) is 4.13. The Hall–Kier alpha value is -1.16. The molecule has 0 amide bonds. The molecule has 1 aromatic rings. The van der Waals surface area contributed by atoms with E-state index >= 15 is 0 Å². The van der Waals surface area contributed by atoms with Crippen molar-refractivity contribution in [2.24, 2.45) is 5.92 Å².